The summed E-state index contributed by atoms with van der Waals surface area (Å²) in [5, 5.41) is 0. The quantitative estimate of drug-likeness (QED) is 0.212. The van der Waals surface area contributed by atoms with Gasteiger partial charge < -0.3 is 28.4 Å². The zero-order valence-corrected chi connectivity index (χ0v) is 28.0. The Labute approximate surface area is 270 Å². The summed E-state index contributed by atoms with van der Waals surface area (Å²) in [4.78, 5) is 51.2. The van der Waals surface area contributed by atoms with Gasteiger partial charge in [0.05, 0.1) is 13.2 Å². The predicted octanol–water partition coefficient (Wildman–Crippen LogP) is 4.86. The van der Waals surface area contributed by atoms with Crippen molar-refractivity contribution >= 4 is 11.9 Å². The van der Waals surface area contributed by atoms with Crippen LogP contribution in [-0.2, 0) is 57.6 Å². The van der Waals surface area contributed by atoms with Crippen LogP contribution in [0.1, 0.15) is 106 Å². The molecule has 12 heteroatoms. The van der Waals surface area contributed by atoms with Gasteiger partial charge >= 0.3 is 11.9 Å². The van der Waals surface area contributed by atoms with Gasteiger partial charge in [0.25, 0.3) is 0 Å². The van der Waals surface area contributed by atoms with Crippen molar-refractivity contribution in [3.05, 3.63) is 0 Å². The molecule has 2 spiro atoms. The fraction of sp³-hybridized carbons (Fsp3) is 0.941. The highest BCUT2D eigenvalue weighted by molar-refractivity contribution is 5.81. The average Bonchev–Trinajstić information content (AvgIpc) is 3.15. The lowest BCUT2D eigenvalue weighted by Gasteiger charge is -2.50. The Kier molecular flexibility index (Phi) is 7.31. The highest BCUT2D eigenvalue weighted by atomic mass is 17.3. The molecular formula is C34H50O12. The zero-order chi connectivity index (χ0) is 32.3. The van der Waals surface area contributed by atoms with Crippen molar-refractivity contribution in [1.82, 2.24) is 0 Å². The first-order valence-corrected chi connectivity index (χ1v) is 17.6. The number of carbonyl (C=O) groups is 2. The zero-order valence-electron chi connectivity index (χ0n) is 28.0. The van der Waals surface area contributed by atoms with Crippen LogP contribution in [-0.4, -0.2) is 71.7 Å². The van der Waals surface area contributed by atoms with Gasteiger partial charge in [-0.05, 0) is 103 Å². The van der Waals surface area contributed by atoms with Crippen molar-refractivity contribution in [2.45, 2.75) is 152 Å². The van der Waals surface area contributed by atoms with E-state index in [-0.39, 0.29) is 36.9 Å². The summed E-state index contributed by atoms with van der Waals surface area (Å²) in [7, 11) is 0. The molecule has 0 radical (unpaired) electrons. The molecule has 10 aliphatic rings. The molecule has 0 aromatic carbocycles. The average molecular weight is 651 g/mol. The Morgan fingerprint density at radius 3 is 1.41 bits per heavy atom. The Morgan fingerprint density at radius 2 is 1.00 bits per heavy atom. The first-order valence-electron chi connectivity index (χ1n) is 17.6. The molecule has 14 atom stereocenters. The standard InChI is InChI=1S/C34H50O12/c1-19-9-11-23-31(5,41-27-33(23)21(19)13-15-29(3,39-27)43-45-33)25(35)37-17-7-8-18-38-26(36)32(6)24-12-10-20(2)22-14-16-30(4)40-28(42-32)34(22,24)46-44-30/h19-24,27-28H,7-18H2,1-6H3/t19-,20-,21+,22+,23+,24+,27+,28+,29-,30-,31+,32+,33-,34-/m1/s1. The molecule has 0 amide bonds. The molecule has 0 unspecified atom stereocenters. The number of unbranched alkanes of at least 4 members (excludes halogenated alkanes) is 1. The van der Waals surface area contributed by atoms with E-state index in [4.69, 9.17) is 48.0 Å². The third kappa shape index (κ3) is 4.26. The van der Waals surface area contributed by atoms with E-state index >= 15 is 0 Å². The molecule has 10 rings (SSSR count). The highest BCUT2D eigenvalue weighted by Crippen LogP contribution is 2.65. The summed E-state index contributed by atoms with van der Waals surface area (Å²) in [5.41, 5.74) is -4.10. The van der Waals surface area contributed by atoms with Crippen molar-refractivity contribution < 1.29 is 57.6 Å². The van der Waals surface area contributed by atoms with Gasteiger partial charge in [0.2, 0.25) is 11.6 Å². The van der Waals surface area contributed by atoms with E-state index in [2.05, 4.69) is 13.8 Å². The van der Waals surface area contributed by atoms with Crippen molar-refractivity contribution in [3.63, 3.8) is 0 Å². The fourth-order valence-electron chi connectivity index (χ4n) is 10.6. The van der Waals surface area contributed by atoms with E-state index < -0.39 is 58.5 Å². The van der Waals surface area contributed by atoms with Crippen LogP contribution in [0.15, 0.2) is 0 Å². The van der Waals surface area contributed by atoms with Crippen molar-refractivity contribution in [2.24, 2.45) is 35.5 Å². The van der Waals surface area contributed by atoms with Gasteiger partial charge in [0.15, 0.2) is 35.0 Å². The van der Waals surface area contributed by atoms with E-state index in [1.165, 1.54) is 0 Å². The summed E-state index contributed by atoms with van der Waals surface area (Å²) in [6, 6.07) is 0. The SMILES string of the molecule is C[C@@H]1CC[C@@H]2[C@]34OO[C@](C)(CC[C@@H]13)O[C@H]4O[C@]2(C)C(=O)OCCCCOC(=O)[C@@]1(C)O[C@@H]2O[C@@]3(C)CC[C@H]4[C@H](C)CC[C@@H]1[C@@]24OO3. The predicted molar refractivity (Wildman–Crippen MR) is 156 cm³/mol. The Morgan fingerprint density at radius 1 is 0.587 bits per heavy atom. The summed E-state index contributed by atoms with van der Waals surface area (Å²) in [6.07, 6.45) is 6.30. The van der Waals surface area contributed by atoms with Gasteiger partial charge in [-0.1, -0.05) is 13.8 Å². The smallest absolute Gasteiger partial charge is 0.338 e. The van der Waals surface area contributed by atoms with Crippen molar-refractivity contribution in [2.75, 3.05) is 13.2 Å². The van der Waals surface area contributed by atoms with Crippen LogP contribution in [0, 0.1) is 35.5 Å². The van der Waals surface area contributed by atoms with Crippen LogP contribution < -0.4 is 0 Å². The Bertz CT molecular complexity index is 1170. The van der Waals surface area contributed by atoms with Gasteiger partial charge in [0.1, 0.15) is 0 Å². The van der Waals surface area contributed by atoms with Gasteiger partial charge in [-0.15, -0.1) is 0 Å². The second-order valence-electron chi connectivity index (χ2n) is 16.1. The molecule has 0 aromatic heterocycles. The van der Waals surface area contributed by atoms with Gasteiger partial charge in [-0.25, -0.2) is 29.1 Å². The molecule has 0 N–H and O–H groups in total. The number of esters is 2. The maximum absolute atomic E-state index is 13.6. The van der Waals surface area contributed by atoms with Crippen LogP contribution in [0.5, 0.6) is 0 Å². The number of ether oxygens (including phenoxy) is 6. The largest absolute Gasteiger partial charge is 0.464 e. The topological polar surface area (TPSA) is 126 Å². The van der Waals surface area contributed by atoms with Crippen LogP contribution in [0.3, 0.4) is 0 Å². The number of hydrogen-bond donors (Lipinski definition) is 0. The summed E-state index contributed by atoms with van der Waals surface area (Å²) in [6.45, 7) is 12.1. The van der Waals surface area contributed by atoms with Gasteiger partial charge in [-0.3, -0.25) is 0 Å². The minimum absolute atomic E-state index is 0.162. The molecule has 2 aliphatic carbocycles. The van der Waals surface area contributed by atoms with E-state index in [1.54, 1.807) is 13.8 Å². The first-order chi connectivity index (χ1) is 21.8. The van der Waals surface area contributed by atoms with Crippen LogP contribution in [0.2, 0.25) is 0 Å². The minimum Gasteiger partial charge on any atom is -0.464 e. The maximum Gasteiger partial charge on any atom is 0.338 e. The molecule has 4 bridgehead atoms. The molecule has 8 heterocycles. The van der Waals surface area contributed by atoms with E-state index in [1.807, 2.05) is 13.8 Å². The third-order valence-electron chi connectivity index (χ3n) is 13.3. The number of carbonyl (C=O) groups excluding carboxylic acids is 2. The number of hydrogen-bond acceptors (Lipinski definition) is 12. The number of fused-ring (bicyclic) bond motifs is 4. The van der Waals surface area contributed by atoms with Crippen LogP contribution in [0.25, 0.3) is 0 Å². The highest BCUT2D eigenvalue weighted by Gasteiger charge is 2.77. The number of rotatable bonds is 7. The molecule has 8 aliphatic heterocycles. The second-order valence-corrected chi connectivity index (χ2v) is 16.1. The normalized spacial score (nSPS) is 54.8. The monoisotopic (exact) mass is 650 g/mol. The Hall–Kier alpha value is -1.38. The van der Waals surface area contributed by atoms with E-state index in [0.29, 0.717) is 37.5 Å². The van der Waals surface area contributed by atoms with E-state index in [9.17, 15) is 9.59 Å². The van der Waals surface area contributed by atoms with Crippen LogP contribution in [0.4, 0.5) is 0 Å². The molecule has 0 aromatic rings. The van der Waals surface area contributed by atoms with Crippen molar-refractivity contribution in [1.29, 1.82) is 0 Å². The lowest BCUT2D eigenvalue weighted by Crippen LogP contribution is -2.62. The fourth-order valence-corrected chi connectivity index (χ4v) is 10.6. The Balaban J connectivity index is 0.864. The maximum atomic E-state index is 13.6. The molecule has 10 fully saturated rings. The second kappa shape index (κ2) is 10.6. The third-order valence-corrected chi connectivity index (χ3v) is 13.3. The molecule has 12 nitrogen and oxygen atoms in total. The van der Waals surface area contributed by atoms with Crippen molar-refractivity contribution in [3.8, 4) is 0 Å². The lowest BCUT2D eigenvalue weighted by atomic mass is 9.60. The van der Waals surface area contributed by atoms with E-state index in [0.717, 1.165) is 38.5 Å². The first kappa shape index (κ1) is 31.9. The molecule has 258 valence electrons. The minimum atomic E-state index is -1.22. The molecular weight excluding hydrogens is 600 g/mol. The summed E-state index contributed by atoms with van der Waals surface area (Å²) >= 11 is 0. The lowest BCUT2D eigenvalue weighted by molar-refractivity contribution is -0.541. The van der Waals surface area contributed by atoms with Crippen LogP contribution >= 0.6 is 0 Å². The molecule has 46 heavy (non-hydrogen) atoms. The molecule has 8 saturated heterocycles. The van der Waals surface area contributed by atoms with Gasteiger partial charge in [-0.2, -0.15) is 0 Å². The summed E-state index contributed by atoms with van der Waals surface area (Å²) in [5.74, 6) is -2.03. The van der Waals surface area contributed by atoms with Gasteiger partial charge in [0, 0.05) is 24.7 Å². The summed E-state index contributed by atoms with van der Waals surface area (Å²) < 4.78 is 37.0. The molecule has 2 saturated carbocycles.